The second-order valence-electron chi connectivity index (χ2n) is 4.01. The van der Waals surface area contributed by atoms with Gasteiger partial charge in [-0.3, -0.25) is 4.79 Å². The van der Waals surface area contributed by atoms with Gasteiger partial charge in [-0.25, -0.2) is 8.78 Å². The highest BCUT2D eigenvalue weighted by Crippen LogP contribution is 2.18. The van der Waals surface area contributed by atoms with Crippen molar-refractivity contribution in [1.29, 1.82) is 0 Å². The summed E-state index contributed by atoms with van der Waals surface area (Å²) in [5, 5.41) is 2.12. The summed E-state index contributed by atoms with van der Waals surface area (Å²) < 4.78 is 31.8. The van der Waals surface area contributed by atoms with Gasteiger partial charge in [0, 0.05) is 11.8 Å². The zero-order valence-corrected chi connectivity index (χ0v) is 10.4. The number of amides is 1. The van der Waals surface area contributed by atoms with Crippen LogP contribution in [0.25, 0.3) is 0 Å². The van der Waals surface area contributed by atoms with Gasteiger partial charge >= 0.3 is 0 Å². The van der Waals surface area contributed by atoms with E-state index in [4.69, 9.17) is 10.5 Å². The fourth-order valence-electron chi connectivity index (χ4n) is 1.55. The van der Waals surface area contributed by atoms with E-state index in [1.165, 1.54) is 12.1 Å². The van der Waals surface area contributed by atoms with Gasteiger partial charge in [-0.1, -0.05) is 12.1 Å². The van der Waals surface area contributed by atoms with Gasteiger partial charge in [-0.2, -0.15) is 0 Å². The number of carbonyl (C=O) groups is 1. The van der Waals surface area contributed by atoms with Gasteiger partial charge in [0.2, 0.25) is 0 Å². The van der Waals surface area contributed by atoms with Crippen LogP contribution in [0.3, 0.4) is 0 Å². The third-order valence-electron chi connectivity index (χ3n) is 2.46. The zero-order chi connectivity index (χ0) is 14.5. The molecule has 4 nitrogen and oxygen atoms in total. The van der Waals surface area contributed by atoms with Gasteiger partial charge in [0.1, 0.15) is 23.1 Å². The third-order valence-corrected chi connectivity index (χ3v) is 2.46. The molecular formula is C14H12F2N2O2. The van der Waals surface area contributed by atoms with Gasteiger partial charge in [-0.05, 0) is 24.3 Å². The molecule has 0 heterocycles. The summed E-state index contributed by atoms with van der Waals surface area (Å²) in [7, 11) is 0. The van der Waals surface area contributed by atoms with Crippen LogP contribution in [0, 0.1) is 11.6 Å². The number of nitrogens with one attached hydrogen (secondary N) is 1. The maximum absolute atomic E-state index is 13.3. The minimum atomic E-state index is -0.845. The van der Waals surface area contributed by atoms with Crippen LogP contribution in [0.2, 0.25) is 0 Å². The normalized spacial score (nSPS) is 10.1. The predicted molar refractivity (Wildman–Crippen MR) is 71.3 cm³/mol. The number of ether oxygens (including phenoxy) is 1. The number of hydrogen-bond donors (Lipinski definition) is 2. The van der Waals surface area contributed by atoms with Crippen molar-refractivity contribution < 1.29 is 18.3 Å². The number of anilines is 2. The molecule has 1 amide bonds. The number of nitrogens with two attached hydrogens (primary N) is 1. The molecule has 3 N–H and O–H groups in total. The molecule has 0 saturated carbocycles. The Balaban J connectivity index is 1.96. The molecule has 2 aromatic carbocycles. The molecule has 20 heavy (non-hydrogen) atoms. The molecule has 0 aliphatic heterocycles. The van der Waals surface area contributed by atoms with Crippen molar-refractivity contribution in [3.05, 3.63) is 54.1 Å². The lowest BCUT2D eigenvalue weighted by atomic mass is 10.3. The smallest absolute Gasteiger partial charge is 0.262 e. The van der Waals surface area contributed by atoms with Crippen molar-refractivity contribution in [2.45, 2.75) is 0 Å². The highest BCUT2D eigenvalue weighted by atomic mass is 19.1. The molecule has 0 spiro atoms. The number of carbonyl (C=O) groups excluding carboxylic acids is 1. The number of rotatable bonds is 4. The lowest BCUT2D eigenvalue weighted by Gasteiger charge is -2.09. The van der Waals surface area contributed by atoms with Crippen LogP contribution in [-0.2, 0) is 4.79 Å². The molecule has 0 bridgehead atoms. The van der Waals surface area contributed by atoms with E-state index in [2.05, 4.69) is 5.32 Å². The summed E-state index contributed by atoms with van der Waals surface area (Å²) >= 11 is 0. The SMILES string of the molecule is Nc1cccc(OCC(=O)Nc2c(F)cccc2F)c1. The molecule has 104 valence electrons. The van der Waals surface area contributed by atoms with E-state index in [0.29, 0.717) is 11.4 Å². The molecule has 6 heteroatoms. The van der Waals surface area contributed by atoms with E-state index in [1.807, 2.05) is 0 Å². The van der Waals surface area contributed by atoms with E-state index in [9.17, 15) is 13.6 Å². The number of para-hydroxylation sites is 1. The Morgan fingerprint density at radius 2 is 1.80 bits per heavy atom. The molecule has 0 aliphatic carbocycles. The Morgan fingerprint density at radius 3 is 2.45 bits per heavy atom. The van der Waals surface area contributed by atoms with Crippen molar-refractivity contribution >= 4 is 17.3 Å². The second-order valence-corrected chi connectivity index (χ2v) is 4.01. The third kappa shape index (κ3) is 3.44. The molecule has 0 saturated heterocycles. The standard InChI is InChI=1S/C14H12F2N2O2/c15-11-5-2-6-12(16)14(11)18-13(19)8-20-10-4-1-3-9(17)7-10/h1-7H,8,17H2,(H,18,19). The van der Waals surface area contributed by atoms with Crippen LogP contribution in [0.1, 0.15) is 0 Å². The van der Waals surface area contributed by atoms with E-state index in [-0.39, 0.29) is 6.61 Å². The van der Waals surface area contributed by atoms with Gasteiger partial charge in [0.25, 0.3) is 5.91 Å². The Hall–Kier alpha value is -2.63. The predicted octanol–water partition coefficient (Wildman–Crippen LogP) is 2.56. The number of halogens is 2. The molecule has 0 fully saturated rings. The van der Waals surface area contributed by atoms with Crippen molar-refractivity contribution in [2.75, 3.05) is 17.7 Å². The van der Waals surface area contributed by atoms with E-state index in [1.54, 1.807) is 18.2 Å². The Labute approximate surface area is 114 Å². The Morgan fingerprint density at radius 1 is 1.15 bits per heavy atom. The van der Waals surface area contributed by atoms with Gasteiger partial charge in [0.05, 0.1) is 0 Å². The van der Waals surface area contributed by atoms with Crippen LogP contribution in [0.15, 0.2) is 42.5 Å². The van der Waals surface area contributed by atoms with Crippen LogP contribution >= 0.6 is 0 Å². The summed E-state index contributed by atoms with van der Waals surface area (Å²) in [6.45, 7) is -0.378. The zero-order valence-electron chi connectivity index (χ0n) is 10.4. The van der Waals surface area contributed by atoms with Gasteiger partial charge in [-0.15, -0.1) is 0 Å². The van der Waals surface area contributed by atoms with E-state index in [0.717, 1.165) is 12.1 Å². The van der Waals surface area contributed by atoms with Crippen LogP contribution < -0.4 is 15.8 Å². The van der Waals surface area contributed by atoms with Crippen LogP contribution in [-0.4, -0.2) is 12.5 Å². The molecule has 0 radical (unpaired) electrons. The van der Waals surface area contributed by atoms with Crippen molar-refractivity contribution in [1.82, 2.24) is 0 Å². The van der Waals surface area contributed by atoms with Crippen molar-refractivity contribution in [3.63, 3.8) is 0 Å². The first kappa shape index (κ1) is 13.8. The summed E-state index contributed by atoms with van der Waals surface area (Å²) in [6.07, 6.45) is 0. The molecule has 2 rings (SSSR count). The molecule has 0 aliphatic rings. The topological polar surface area (TPSA) is 64.3 Å². The maximum atomic E-state index is 13.3. The number of benzene rings is 2. The minimum absolute atomic E-state index is 0.378. The highest BCUT2D eigenvalue weighted by Gasteiger charge is 2.12. The fraction of sp³-hybridized carbons (Fsp3) is 0.0714. The Bertz CT molecular complexity index is 612. The van der Waals surface area contributed by atoms with E-state index < -0.39 is 23.2 Å². The largest absolute Gasteiger partial charge is 0.484 e. The molecule has 2 aromatic rings. The Kier molecular flexibility index (Phi) is 4.14. The number of nitrogen functional groups attached to an aromatic ring is 1. The highest BCUT2D eigenvalue weighted by molar-refractivity contribution is 5.92. The number of hydrogen-bond acceptors (Lipinski definition) is 3. The first-order valence-electron chi connectivity index (χ1n) is 5.78. The van der Waals surface area contributed by atoms with Crippen molar-refractivity contribution in [2.24, 2.45) is 0 Å². The first-order chi connectivity index (χ1) is 9.56. The maximum Gasteiger partial charge on any atom is 0.262 e. The van der Waals surface area contributed by atoms with Crippen LogP contribution in [0.4, 0.5) is 20.2 Å². The fourth-order valence-corrected chi connectivity index (χ4v) is 1.55. The molecule has 0 aromatic heterocycles. The van der Waals surface area contributed by atoms with Gasteiger partial charge < -0.3 is 15.8 Å². The summed E-state index contributed by atoms with van der Waals surface area (Å²) in [5.41, 5.74) is 5.55. The lowest BCUT2D eigenvalue weighted by Crippen LogP contribution is -2.21. The first-order valence-corrected chi connectivity index (χ1v) is 5.78. The molecule has 0 atom stereocenters. The van der Waals surface area contributed by atoms with Crippen molar-refractivity contribution in [3.8, 4) is 5.75 Å². The lowest BCUT2D eigenvalue weighted by molar-refractivity contribution is -0.118. The summed E-state index contributed by atoms with van der Waals surface area (Å²) in [6, 6.07) is 9.81. The quantitative estimate of drug-likeness (QED) is 0.845. The average Bonchev–Trinajstić information content (AvgIpc) is 2.41. The average molecular weight is 278 g/mol. The second kappa shape index (κ2) is 6.01. The molecular weight excluding hydrogens is 266 g/mol. The molecule has 0 unspecified atom stereocenters. The van der Waals surface area contributed by atoms with Gasteiger partial charge in [0.15, 0.2) is 6.61 Å². The summed E-state index contributed by atoms with van der Waals surface area (Å²) in [4.78, 5) is 11.6. The monoisotopic (exact) mass is 278 g/mol. The van der Waals surface area contributed by atoms with E-state index >= 15 is 0 Å². The minimum Gasteiger partial charge on any atom is -0.484 e. The van der Waals surface area contributed by atoms with Crippen LogP contribution in [0.5, 0.6) is 5.75 Å². The summed E-state index contributed by atoms with van der Waals surface area (Å²) in [5.74, 6) is -1.96.